The van der Waals surface area contributed by atoms with Crippen molar-refractivity contribution in [2.24, 2.45) is 5.92 Å². The zero-order chi connectivity index (χ0) is 18.9. The number of piperidine rings is 1. The van der Waals surface area contributed by atoms with E-state index in [-0.39, 0.29) is 36.7 Å². The second kappa shape index (κ2) is 10.2. The van der Waals surface area contributed by atoms with Gasteiger partial charge >= 0.3 is 12.0 Å². The quantitative estimate of drug-likeness (QED) is 0.448. The summed E-state index contributed by atoms with van der Waals surface area (Å²) in [5.41, 5.74) is 0.731. The van der Waals surface area contributed by atoms with Gasteiger partial charge in [0.2, 0.25) is 0 Å². The zero-order valence-corrected chi connectivity index (χ0v) is 16.1. The van der Waals surface area contributed by atoms with Gasteiger partial charge in [-0.25, -0.2) is 4.79 Å². The first kappa shape index (κ1) is 20.3. The van der Waals surface area contributed by atoms with E-state index >= 15 is 0 Å². The van der Waals surface area contributed by atoms with E-state index < -0.39 is 0 Å². The third-order valence-corrected chi connectivity index (χ3v) is 5.16. The molecule has 0 unspecified atom stereocenters. The molecule has 0 radical (unpaired) electrons. The molecule has 1 aromatic carbocycles. The molecule has 1 aliphatic heterocycles. The minimum Gasteiger partial charge on any atom is -0.466 e. The average molecular weight is 378 g/mol. The van der Waals surface area contributed by atoms with Crippen LogP contribution in [0, 0.1) is 5.92 Å². The summed E-state index contributed by atoms with van der Waals surface area (Å²) in [6.45, 7) is 3.35. The van der Waals surface area contributed by atoms with E-state index in [2.05, 4.69) is 5.32 Å². The van der Waals surface area contributed by atoms with E-state index in [1.807, 2.05) is 30.5 Å². The van der Waals surface area contributed by atoms with E-state index in [1.54, 1.807) is 23.6 Å². The van der Waals surface area contributed by atoms with Gasteiger partial charge in [0.1, 0.15) is 0 Å². The lowest BCUT2D eigenvalue weighted by Crippen LogP contribution is -2.47. The number of ketones is 1. The van der Waals surface area contributed by atoms with Crippen LogP contribution in [-0.2, 0) is 9.53 Å². The van der Waals surface area contributed by atoms with Crippen molar-refractivity contribution < 1.29 is 19.1 Å². The fourth-order valence-corrected chi connectivity index (χ4v) is 3.66. The summed E-state index contributed by atoms with van der Waals surface area (Å²) in [6, 6.07) is 7.36. The molecule has 1 N–H and O–H groups in total. The summed E-state index contributed by atoms with van der Waals surface area (Å²) >= 11 is 1.56. The molecule has 0 bridgehead atoms. The molecule has 26 heavy (non-hydrogen) atoms. The minimum absolute atomic E-state index is 0.0963. The zero-order valence-electron chi connectivity index (χ0n) is 15.3. The second-order valence-electron chi connectivity index (χ2n) is 6.14. The van der Waals surface area contributed by atoms with Gasteiger partial charge in [0.15, 0.2) is 5.78 Å². The van der Waals surface area contributed by atoms with Gasteiger partial charge in [-0.15, -0.1) is 11.8 Å². The summed E-state index contributed by atoms with van der Waals surface area (Å²) in [6.07, 6.45) is 3.68. The molecule has 1 heterocycles. The van der Waals surface area contributed by atoms with Gasteiger partial charge in [-0.3, -0.25) is 9.59 Å². The van der Waals surface area contributed by atoms with Crippen LogP contribution in [0.3, 0.4) is 0 Å². The molecule has 142 valence electrons. The Morgan fingerprint density at radius 2 is 2.08 bits per heavy atom. The monoisotopic (exact) mass is 378 g/mol. The second-order valence-corrected chi connectivity index (χ2v) is 6.98. The van der Waals surface area contributed by atoms with Crippen LogP contribution in [0.15, 0.2) is 29.2 Å². The fourth-order valence-electron chi connectivity index (χ4n) is 3.06. The molecule has 7 heteroatoms. The third kappa shape index (κ3) is 5.49. The number of carbonyl (C=O) groups is 3. The average Bonchev–Trinajstić information content (AvgIpc) is 2.67. The van der Waals surface area contributed by atoms with Crippen molar-refractivity contribution in [3.63, 3.8) is 0 Å². The van der Waals surface area contributed by atoms with Gasteiger partial charge in [-0.2, -0.15) is 0 Å². The first-order valence-electron chi connectivity index (χ1n) is 8.92. The topological polar surface area (TPSA) is 75.7 Å². The van der Waals surface area contributed by atoms with Crippen LogP contribution in [0.5, 0.6) is 0 Å². The van der Waals surface area contributed by atoms with Crippen molar-refractivity contribution in [1.82, 2.24) is 10.2 Å². The molecule has 2 amide bonds. The third-order valence-electron chi connectivity index (χ3n) is 4.36. The van der Waals surface area contributed by atoms with Crippen molar-refractivity contribution in [3.05, 3.63) is 29.8 Å². The highest BCUT2D eigenvalue weighted by atomic mass is 32.2. The molecule has 1 atom stereocenters. The minimum atomic E-state index is -0.326. The fraction of sp³-hybridized carbons (Fsp3) is 0.526. The SMILES string of the molecule is CCOC(=O)CCNC(=O)N1CCC[C@H](C(=O)c2ccccc2SC)C1. The maximum absolute atomic E-state index is 12.9. The lowest BCUT2D eigenvalue weighted by molar-refractivity contribution is -0.142. The number of thioether (sulfide) groups is 1. The van der Waals surface area contributed by atoms with Gasteiger partial charge in [0.05, 0.1) is 13.0 Å². The highest BCUT2D eigenvalue weighted by Crippen LogP contribution is 2.26. The first-order chi connectivity index (χ1) is 12.6. The van der Waals surface area contributed by atoms with Crippen molar-refractivity contribution in [2.75, 3.05) is 32.5 Å². The largest absolute Gasteiger partial charge is 0.466 e. The number of likely N-dealkylation sites (tertiary alicyclic amines) is 1. The van der Waals surface area contributed by atoms with Crippen molar-refractivity contribution in [2.45, 2.75) is 31.1 Å². The lowest BCUT2D eigenvalue weighted by atomic mass is 9.90. The molecule has 1 aliphatic rings. The molecule has 0 aromatic heterocycles. The number of nitrogens with zero attached hydrogens (tertiary/aromatic N) is 1. The van der Waals surface area contributed by atoms with Crippen LogP contribution < -0.4 is 5.32 Å². The van der Waals surface area contributed by atoms with E-state index in [4.69, 9.17) is 4.74 Å². The predicted octanol–water partition coefficient (Wildman–Crippen LogP) is 2.97. The van der Waals surface area contributed by atoms with Gasteiger partial charge in [-0.05, 0) is 32.1 Å². The number of urea groups is 1. The number of hydrogen-bond donors (Lipinski definition) is 1. The molecule has 0 aliphatic carbocycles. The van der Waals surface area contributed by atoms with E-state index in [0.717, 1.165) is 23.3 Å². The number of Topliss-reactive ketones (excluding diaryl/α,β-unsaturated/α-hetero) is 1. The van der Waals surface area contributed by atoms with Crippen LogP contribution >= 0.6 is 11.8 Å². The van der Waals surface area contributed by atoms with E-state index in [1.165, 1.54) is 0 Å². The Morgan fingerprint density at radius 3 is 2.81 bits per heavy atom. The van der Waals surface area contributed by atoms with Gasteiger partial charge < -0.3 is 15.0 Å². The summed E-state index contributed by atoms with van der Waals surface area (Å²) in [4.78, 5) is 39.2. The van der Waals surface area contributed by atoms with Crippen molar-refractivity contribution in [1.29, 1.82) is 0 Å². The van der Waals surface area contributed by atoms with Crippen LogP contribution in [0.2, 0.25) is 0 Å². The molecule has 1 saturated heterocycles. The Labute approximate surface area is 158 Å². The molecule has 0 spiro atoms. The maximum Gasteiger partial charge on any atom is 0.317 e. The molecular formula is C19H26N2O4S. The van der Waals surface area contributed by atoms with Gasteiger partial charge in [-0.1, -0.05) is 18.2 Å². The Morgan fingerprint density at radius 1 is 1.31 bits per heavy atom. The molecule has 1 fully saturated rings. The Kier molecular flexibility index (Phi) is 7.97. The smallest absolute Gasteiger partial charge is 0.317 e. The lowest BCUT2D eigenvalue weighted by Gasteiger charge is -2.32. The van der Waals surface area contributed by atoms with Crippen LogP contribution in [0.1, 0.15) is 36.5 Å². The number of ether oxygens (including phenoxy) is 1. The van der Waals surface area contributed by atoms with Crippen LogP contribution in [0.25, 0.3) is 0 Å². The summed E-state index contributed by atoms with van der Waals surface area (Å²) < 4.78 is 4.84. The van der Waals surface area contributed by atoms with Gasteiger partial charge in [0.25, 0.3) is 0 Å². The summed E-state index contributed by atoms with van der Waals surface area (Å²) in [7, 11) is 0. The number of hydrogen-bond acceptors (Lipinski definition) is 5. The number of esters is 1. The highest BCUT2D eigenvalue weighted by Gasteiger charge is 2.29. The number of rotatable bonds is 7. The van der Waals surface area contributed by atoms with Crippen molar-refractivity contribution in [3.8, 4) is 0 Å². The highest BCUT2D eigenvalue weighted by molar-refractivity contribution is 7.98. The number of nitrogens with one attached hydrogen (secondary N) is 1. The predicted molar refractivity (Wildman–Crippen MR) is 101 cm³/mol. The molecule has 6 nitrogen and oxygen atoms in total. The van der Waals surface area contributed by atoms with E-state index in [9.17, 15) is 14.4 Å². The van der Waals surface area contributed by atoms with Crippen LogP contribution in [-0.4, -0.2) is 55.2 Å². The number of amides is 2. The van der Waals surface area contributed by atoms with Crippen LogP contribution in [0.4, 0.5) is 4.79 Å². The molecular weight excluding hydrogens is 352 g/mol. The Balaban J connectivity index is 1.90. The van der Waals surface area contributed by atoms with E-state index in [0.29, 0.717) is 19.7 Å². The van der Waals surface area contributed by atoms with Gasteiger partial charge in [0, 0.05) is 36.0 Å². The molecule has 0 saturated carbocycles. The summed E-state index contributed by atoms with van der Waals surface area (Å²) in [5.74, 6) is -0.417. The van der Waals surface area contributed by atoms with Crippen molar-refractivity contribution >= 4 is 29.5 Å². The number of benzene rings is 1. The molecule has 1 aromatic rings. The maximum atomic E-state index is 12.9. The molecule has 2 rings (SSSR count). The first-order valence-corrected chi connectivity index (χ1v) is 10.1. The Hall–Kier alpha value is -2.02. The normalized spacial score (nSPS) is 16.8. The number of carbonyl (C=O) groups excluding carboxylic acids is 3. The standard InChI is InChI=1S/C19H26N2O4S/c1-3-25-17(22)10-11-20-19(24)21-12-6-7-14(13-21)18(23)15-8-4-5-9-16(15)26-2/h4-5,8-9,14H,3,6-7,10-13H2,1-2H3,(H,20,24)/t14-/m0/s1. The summed E-state index contributed by atoms with van der Waals surface area (Å²) in [5, 5.41) is 2.73. The Bertz CT molecular complexity index is 650.